The Hall–Kier alpha value is -4.55. The number of alkyl halides is 3. The van der Waals surface area contributed by atoms with Gasteiger partial charge in [0.15, 0.2) is 0 Å². The van der Waals surface area contributed by atoms with Crippen LogP contribution in [0.25, 0.3) is 0 Å². The number of rotatable bonds is 5. The first kappa shape index (κ1) is 27.5. The topological polar surface area (TPSA) is 104 Å². The van der Waals surface area contributed by atoms with Gasteiger partial charge in [-0.3, -0.25) is 14.4 Å². The third-order valence-electron chi connectivity index (χ3n) is 6.40. The van der Waals surface area contributed by atoms with Crippen molar-refractivity contribution in [2.24, 2.45) is 0 Å². The summed E-state index contributed by atoms with van der Waals surface area (Å²) in [6, 6.07) is 12.4. The van der Waals surface area contributed by atoms with Crippen molar-refractivity contribution in [3.63, 3.8) is 0 Å². The maximum atomic E-state index is 14.7. The number of piperazine rings is 1. The highest BCUT2D eigenvalue weighted by molar-refractivity contribution is 6.01. The number of para-hydroxylation sites is 1. The molecule has 1 aromatic heterocycles. The van der Waals surface area contributed by atoms with Crippen LogP contribution in [0.4, 0.5) is 23.2 Å². The smallest absolute Gasteiger partial charge is 0.327 e. The lowest BCUT2D eigenvalue weighted by Gasteiger charge is -2.34. The van der Waals surface area contributed by atoms with Crippen molar-refractivity contribution in [1.82, 2.24) is 10.00 Å². The van der Waals surface area contributed by atoms with E-state index in [0.717, 1.165) is 6.07 Å². The van der Waals surface area contributed by atoms with Gasteiger partial charge in [-0.2, -0.15) is 18.0 Å². The minimum absolute atomic E-state index is 0.0265. The number of carbonyl (C=O) groups excluding carboxylic acids is 3. The minimum atomic E-state index is -5.32. The molecular formula is C26H23F4N4O5+. The third kappa shape index (κ3) is 5.81. The molecule has 1 N–H and O–H groups in total. The van der Waals surface area contributed by atoms with Gasteiger partial charge in [-0.15, -0.1) is 0 Å². The van der Waals surface area contributed by atoms with Crippen LogP contribution >= 0.6 is 0 Å². The van der Waals surface area contributed by atoms with Crippen LogP contribution < -0.4 is 20.1 Å². The molecule has 1 aliphatic heterocycles. The highest BCUT2D eigenvalue weighted by atomic mass is 19.4. The van der Waals surface area contributed by atoms with E-state index in [4.69, 9.17) is 0 Å². The Kier molecular flexibility index (Phi) is 7.52. The Morgan fingerprint density at radius 3 is 2.36 bits per heavy atom. The molecule has 1 aliphatic rings. The molecule has 1 fully saturated rings. The Bertz CT molecular complexity index is 1500. The molecule has 39 heavy (non-hydrogen) atoms. The Labute approximate surface area is 219 Å². The summed E-state index contributed by atoms with van der Waals surface area (Å²) >= 11 is 0. The van der Waals surface area contributed by atoms with Gasteiger partial charge >= 0.3 is 17.7 Å². The monoisotopic (exact) mass is 547 g/mol. The van der Waals surface area contributed by atoms with Crippen molar-refractivity contribution in [2.75, 3.05) is 24.5 Å². The van der Waals surface area contributed by atoms with Crippen molar-refractivity contribution in [1.29, 1.82) is 0 Å². The van der Waals surface area contributed by atoms with Crippen molar-refractivity contribution in [3.05, 3.63) is 92.6 Å². The van der Waals surface area contributed by atoms with Gasteiger partial charge in [0, 0.05) is 29.9 Å². The number of nitrogens with one attached hydrogen (secondary N) is 1. The Morgan fingerprint density at radius 1 is 1.03 bits per heavy atom. The first-order valence-corrected chi connectivity index (χ1v) is 11.7. The number of aromatic nitrogens is 2. The zero-order chi connectivity index (χ0) is 28.5. The van der Waals surface area contributed by atoms with Gasteiger partial charge in [0.2, 0.25) is 5.91 Å². The lowest BCUT2D eigenvalue weighted by atomic mass is 10.0. The van der Waals surface area contributed by atoms with Crippen molar-refractivity contribution in [3.8, 4) is 0 Å². The zero-order valence-electron chi connectivity index (χ0n) is 20.8. The van der Waals surface area contributed by atoms with Crippen LogP contribution in [0.1, 0.15) is 32.7 Å². The molecule has 9 nitrogen and oxygen atoms in total. The second-order valence-corrected chi connectivity index (χ2v) is 8.91. The van der Waals surface area contributed by atoms with E-state index in [0.29, 0.717) is 10.5 Å². The van der Waals surface area contributed by atoms with E-state index >= 15 is 0 Å². The Morgan fingerprint density at radius 2 is 1.72 bits per heavy atom. The average molecular weight is 547 g/mol. The second-order valence-electron chi connectivity index (χ2n) is 8.91. The SMILES string of the molecule is Cc1c(C)c(=O)[nH][n+](OC(=O)C(F)(F)F)c1Cc1ccc(F)c(C(=O)N2CCN(c3ccccc3)C(=O)C2)c1. The average Bonchev–Trinajstić information content (AvgIpc) is 2.90. The molecule has 0 atom stereocenters. The lowest BCUT2D eigenvalue weighted by Crippen LogP contribution is -2.58. The fraction of sp³-hybridized carbons (Fsp3) is 0.269. The molecule has 0 radical (unpaired) electrons. The van der Waals surface area contributed by atoms with E-state index in [9.17, 15) is 36.7 Å². The quantitative estimate of drug-likeness (QED) is 0.389. The van der Waals surface area contributed by atoms with Crippen LogP contribution in [0.2, 0.25) is 0 Å². The number of hydrogen-bond acceptors (Lipinski definition) is 5. The van der Waals surface area contributed by atoms with Gasteiger partial charge < -0.3 is 9.80 Å². The fourth-order valence-electron chi connectivity index (χ4n) is 4.14. The number of H-pyrrole nitrogens is 1. The van der Waals surface area contributed by atoms with E-state index in [2.05, 4.69) is 9.94 Å². The molecule has 1 saturated heterocycles. The number of anilines is 1. The molecule has 204 valence electrons. The molecule has 4 rings (SSSR count). The molecule has 2 aromatic carbocycles. The van der Waals surface area contributed by atoms with Gasteiger partial charge in [-0.1, -0.05) is 29.4 Å². The van der Waals surface area contributed by atoms with Gasteiger partial charge in [0.1, 0.15) is 17.2 Å². The van der Waals surface area contributed by atoms with E-state index in [-0.39, 0.29) is 59.9 Å². The van der Waals surface area contributed by atoms with E-state index in [1.54, 1.807) is 30.3 Å². The summed E-state index contributed by atoms with van der Waals surface area (Å²) in [4.78, 5) is 56.9. The van der Waals surface area contributed by atoms with Gasteiger partial charge in [-0.25, -0.2) is 9.18 Å². The maximum absolute atomic E-state index is 14.7. The Balaban J connectivity index is 1.59. The van der Waals surface area contributed by atoms with Crippen molar-refractivity contribution in [2.45, 2.75) is 26.4 Å². The summed E-state index contributed by atoms with van der Waals surface area (Å²) < 4.78 is 53.1. The third-order valence-corrected chi connectivity index (χ3v) is 6.40. The number of amides is 2. The molecule has 13 heteroatoms. The molecular weight excluding hydrogens is 524 g/mol. The van der Waals surface area contributed by atoms with Crippen LogP contribution in [-0.2, 0) is 16.0 Å². The normalized spacial score (nSPS) is 13.9. The van der Waals surface area contributed by atoms with E-state index in [1.807, 2.05) is 0 Å². The van der Waals surface area contributed by atoms with Gasteiger partial charge in [-0.05, 0) is 43.7 Å². The molecule has 0 spiro atoms. The number of hydrogen-bond donors (Lipinski definition) is 1. The molecule has 0 saturated carbocycles. The zero-order valence-corrected chi connectivity index (χ0v) is 20.8. The van der Waals surface area contributed by atoms with Crippen LogP contribution in [0, 0.1) is 19.7 Å². The summed E-state index contributed by atoms with van der Waals surface area (Å²) in [5.41, 5.74) is 0.202. The minimum Gasteiger partial charge on any atom is -0.327 e. The number of nitrogens with zero attached hydrogens (tertiary/aromatic N) is 3. The second kappa shape index (κ2) is 10.7. The number of carbonyl (C=O) groups is 3. The molecule has 2 heterocycles. The first-order chi connectivity index (χ1) is 18.4. The first-order valence-electron chi connectivity index (χ1n) is 11.7. The van der Waals surface area contributed by atoms with E-state index < -0.39 is 29.4 Å². The highest BCUT2D eigenvalue weighted by Crippen LogP contribution is 2.21. The molecule has 0 bridgehead atoms. The summed E-state index contributed by atoms with van der Waals surface area (Å²) in [7, 11) is 0. The van der Waals surface area contributed by atoms with Crippen molar-refractivity contribution >= 4 is 23.5 Å². The fourth-order valence-corrected chi connectivity index (χ4v) is 4.14. The molecule has 0 aliphatic carbocycles. The number of halogens is 4. The molecule has 2 amide bonds. The van der Waals surface area contributed by atoms with Gasteiger partial charge in [0.05, 0.1) is 12.0 Å². The summed E-state index contributed by atoms with van der Waals surface area (Å²) in [6.07, 6.45) is -5.55. The van der Waals surface area contributed by atoms with Gasteiger partial charge in [0.25, 0.3) is 11.6 Å². The van der Waals surface area contributed by atoms with Crippen LogP contribution in [0.5, 0.6) is 0 Å². The number of aromatic amines is 1. The largest absolute Gasteiger partial charge is 0.498 e. The predicted octanol–water partition coefficient (Wildman–Crippen LogP) is 2.02. The summed E-state index contributed by atoms with van der Waals surface area (Å²) in [5.74, 6) is -4.49. The van der Waals surface area contributed by atoms with Crippen LogP contribution in [0.15, 0.2) is 53.3 Å². The lowest BCUT2D eigenvalue weighted by molar-refractivity contribution is -0.921. The molecule has 3 aromatic rings. The summed E-state index contributed by atoms with van der Waals surface area (Å²) in [5, 5.41) is 2.06. The van der Waals surface area contributed by atoms with Crippen LogP contribution in [0.3, 0.4) is 0 Å². The standard InChI is InChI=1S/C26H22F4N4O5/c1-15-16(2)23(36)31-34(39-25(38)26(28,29)30)21(15)13-17-8-9-20(27)19(12-17)24(37)32-10-11-33(22(35)14-32)18-6-4-3-5-7-18/h3-9,12H,10-11,13-14H2,1-2H3/p+1. The predicted molar refractivity (Wildman–Crippen MR) is 128 cm³/mol. The van der Waals surface area contributed by atoms with Crippen LogP contribution in [-0.4, -0.2) is 53.6 Å². The summed E-state index contributed by atoms with van der Waals surface area (Å²) in [6.45, 7) is 2.96. The maximum Gasteiger partial charge on any atom is 0.498 e. The van der Waals surface area contributed by atoms with E-state index in [1.165, 1.54) is 35.8 Å². The van der Waals surface area contributed by atoms with Crippen molar-refractivity contribution < 1.29 is 41.6 Å². The molecule has 0 unspecified atom stereocenters. The number of benzene rings is 2. The highest BCUT2D eigenvalue weighted by Gasteiger charge is 2.46.